The quantitative estimate of drug-likeness (QED) is 0.822. The highest BCUT2D eigenvalue weighted by atomic mass is 15.2. The van der Waals surface area contributed by atoms with Gasteiger partial charge < -0.3 is 10.6 Å². The van der Waals surface area contributed by atoms with E-state index in [9.17, 15) is 0 Å². The number of nitrogens with two attached hydrogens (primary N) is 1. The van der Waals surface area contributed by atoms with Gasteiger partial charge in [-0.2, -0.15) is 4.98 Å². The summed E-state index contributed by atoms with van der Waals surface area (Å²) >= 11 is 0. The Morgan fingerprint density at radius 1 is 1.27 bits per heavy atom. The number of hydrogen-bond acceptors (Lipinski definition) is 4. The molecule has 0 saturated carbocycles. The van der Waals surface area contributed by atoms with Crippen LogP contribution in [0.25, 0.3) is 0 Å². The summed E-state index contributed by atoms with van der Waals surface area (Å²) in [6.07, 6.45) is 0. The number of nitrogen functional groups attached to an aromatic ring is 1. The fraction of sp³-hybridized carbons (Fsp3) is 0.636. The highest BCUT2D eigenvalue weighted by molar-refractivity contribution is 5.41. The Bertz CT molecular complexity index is 318. The van der Waals surface area contributed by atoms with Gasteiger partial charge in [0.05, 0.1) is 5.69 Å². The highest BCUT2D eigenvalue weighted by Crippen LogP contribution is 2.17. The Labute approximate surface area is 91.5 Å². The number of hydrogen-bond donors (Lipinski definition) is 1. The molecule has 0 bridgehead atoms. The first kappa shape index (κ1) is 11.8. The van der Waals surface area contributed by atoms with Gasteiger partial charge in [-0.05, 0) is 19.8 Å². The normalized spacial score (nSPS) is 10.7. The third kappa shape index (κ3) is 2.81. The topological polar surface area (TPSA) is 55.0 Å². The first-order valence-corrected chi connectivity index (χ1v) is 5.47. The van der Waals surface area contributed by atoms with Crippen LogP contribution < -0.4 is 10.6 Å². The third-order valence-corrected chi connectivity index (χ3v) is 2.39. The van der Waals surface area contributed by atoms with Crippen LogP contribution in [-0.4, -0.2) is 23.1 Å². The molecule has 0 atom stereocenters. The number of rotatable bonds is 4. The van der Waals surface area contributed by atoms with Gasteiger partial charge in [0.1, 0.15) is 5.82 Å². The van der Waals surface area contributed by atoms with Crippen LogP contribution in [0.5, 0.6) is 0 Å². The standard InChI is InChI=1S/C11H20N4/c1-5-15(6-2)11-13-9(8(3)4)7-10(12)14-11/h7-8H,5-6H2,1-4H3,(H2,12,13,14). The van der Waals surface area contributed by atoms with Crippen molar-refractivity contribution in [1.82, 2.24) is 9.97 Å². The molecule has 0 saturated heterocycles. The van der Waals surface area contributed by atoms with E-state index in [0.29, 0.717) is 11.7 Å². The van der Waals surface area contributed by atoms with E-state index in [-0.39, 0.29) is 0 Å². The van der Waals surface area contributed by atoms with Crippen LogP contribution >= 0.6 is 0 Å². The molecule has 0 radical (unpaired) electrons. The van der Waals surface area contributed by atoms with E-state index < -0.39 is 0 Å². The lowest BCUT2D eigenvalue weighted by atomic mass is 10.1. The largest absolute Gasteiger partial charge is 0.384 e. The summed E-state index contributed by atoms with van der Waals surface area (Å²) < 4.78 is 0. The fourth-order valence-corrected chi connectivity index (χ4v) is 1.42. The molecule has 1 rings (SSSR count). The molecule has 2 N–H and O–H groups in total. The zero-order valence-corrected chi connectivity index (χ0v) is 9.99. The molecule has 4 nitrogen and oxygen atoms in total. The second-order valence-electron chi connectivity index (χ2n) is 3.84. The molecule has 0 aromatic carbocycles. The monoisotopic (exact) mass is 208 g/mol. The number of anilines is 2. The molecule has 0 fully saturated rings. The summed E-state index contributed by atoms with van der Waals surface area (Å²) in [6, 6.07) is 1.84. The molecule has 0 amide bonds. The van der Waals surface area contributed by atoms with Gasteiger partial charge in [0.15, 0.2) is 0 Å². The van der Waals surface area contributed by atoms with Crippen molar-refractivity contribution in [2.75, 3.05) is 23.7 Å². The smallest absolute Gasteiger partial charge is 0.227 e. The van der Waals surface area contributed by atoms with Gasteiger partial charge in [0, 0.05) is 19.2 Å². The molecule has 84 valence electrons. The Balaban J connectivity index is 3.07. The van der Waals surface area contributed by atoms with Gasteiger partial charge in [0.2, 0.25) is 5.95 Å². The predicted octanol–water partition coefficient (Wildman–Crippen LogP) is 2.03. The minimum atomic E-state index is 0.379. The van der Waals surface area contributed by atoms with Crippen molar-refractivity contribution in [2.45, 2.75) is 33.6 Å². The van der Waals surface area contributed by atoms with Crippen molar-refractivity contribution in [3.63, 3.8) is 0 Å². The first-order valence-electron chi connectivity index (χ1n) is 5.47. The van der Waals surface area contributed by atoms with Crippen molar-refractivity contribution in [2.24, 2.45) is 0 Å². The second kappa shape index (κ2) is 4.96. The van der Waals surface area contributed by atoms with E-state index in [1.807, 2.05) is 6.07 Å². The van der Waals surface area contributed by atoms with Gasteiger partial charge in [0.25, 0.3) is 0 Å². The van der Waals surface area contributed by atoms with Crippen LogP contribution in [0.3, 0.4) is 0 Å². The predicted molar refractivity (Wildman–Crippen MR) is 64.1 cm³/mol. The maximum atomic E-state index is 5.77. The van der Waals surface area contributed by atoms with E-state index in [0.717, 1.165) is 24.7 Å². The van der Waals surface area contributed by atoms with Gasteiger partial charge >= 0.3 is 0 Å². The minimum absolute atomic E-state index is 0.379. The second-order valence-corrected chi connectivity index (χ2v) is 3.84. The summed E-state index contributed by atoms with van der Waals surface area (Å²) in [7, 11) is 0. The molecule has 0 unspecified atom stereocenters. The Morgan fingerprint density at radius 3 is 2.33 bits per heavy atom. The SMILES string of the molecule is CCN(CC)c1nc(N)cc(C(C)C)n1. The van der Waals surface area contributed by atoms with Crippen molar-refractivity contribution < 1.29 is 0 Å². The molecule has 15 heavy (non-hydrogen) atoms. The molecule has 1 aromatic heterocycles. The summed E-state index contributed by atoms with van der Waals surface area (Å²) in [5.74, 6) is 1.67. The van der Waals surface area contributed by atoms with E-state index in [1.165, 1.54) is 0 Å². The van der Waals surface area contributed by atoms with Gasteiger partial charge in [-0.15, -0.1) is 0 Å². The lowest BCUT2D eigenvalue weighted by Crippen LogP contribution is -2.25. The van der Waals surface area contributed by atoms with E-state index >= 15 is 0 Å². The van der Waals surface area contributed by atoms with Crippen LogP contribution in [-0.2, 0) is 0 Å². The molecule has 1 aromatic rings. The number of aromatic nitrogens is 2. The minimum Gasteiger partial charge on any atom is -0.384 e. The first-order chi connectivity index (χ1) is 7.08. The zero-order chi connectivity index (χ0) is 11.4. The Kier molecular flexibility index (Phi) is 3.88. The lowest BCUT2D eigenvalue weighted by Gasteiger charge is -2.19. The van der Waals surface area contributed by atoms with Crippen LogP contribution in [0.15, 0.2) is 6.07 Å². The summed E-state index contributed by atoms with van der Waals surface area (Å²) in [5, 5.41) is 0. The van der Waals surface area contributed by atoms with Crippen LogP contribution in [0, 0.1) is 0 Å². The molecule has 0 spiro atoms. The lowest BCUT2D eigenvalue weighted by molar-refractivity contribution is 0.776. The van der Waals surface area contributed by atoms with Crippen LogP contribution in [0.2, 0.25) is 0 Å². The Morgan fingerprint density at radius 2 is 1.87 bits per heavy atom. The molecular weight excluding hydrogens is 188 g/mol. The van der Waals surface area contributed by atoms with Crippen molar-refractivity contribution in [3.8, 4) is 0 Å². The molecule has 0 aliphatic heterocycles. The average molecular weight is 208 g/mol. The number of nitrogens with zero attached hydrogens (tertiary/aromatic N) is 3. The van der Waals surface area contributed by atoms with Gasteiger partial charge in [-0.3, -0.25) is 0 Å². The van der Waals surface area contributed by atoms with Crippen LogP contribution in [0.1, 0.15) is 39.3 Å². The summed E-state index contributed by atoms with van der Waals surface area (Å²) in [6.45, 7) is 10.2. The van der Waals surface area contributed by atoms with Gasteiger partial charge in [-0.1, -0.05) is 13.8 Å². The van der Waals surface area contributed by atoms with Crippen molar-refractivity contribution >= 4 is 11.8 Å². The van der Waals surface area contributed by atoms with Crippen molar-refractivity contribution in [1.29, 1.82) is 0 Å². The summed E-state index contributed by atoms with van der Waals surface area (Å²) in [5.41, 5.74) is 6.77. The Hall–Kier alpha value is -1.32. The third-order valence-electron chi connectivity index (χ3n) is 2.39. The molecular formula is C11H20N4. The zero-order valence-electron chi connectivity index (χ0n) is 9.99. The molecule has 0 aliphatic carbocycles. The molecule has 4 heteroatoms. The molecule has 0 aliphatic rings. The average Bonchev–Trinajstić information content (AvgIpc) is 2.18. The van der Waals surface area contributed by atoms with Gasteiger partial charge in [-0.25, -0.2) is 4.98 Å². The van der Waals surface area contributed by atoms with Crippen LogP contribution in [0.4, 0.5) is 11.8 Å². The van der Waals surface area contributed by atoms with E-state index in [4.69, 9.17) is 5.73 Å². The maximum absolute atomic E-state index is 5.77. The maximum Gasteiger partial charge on any atom is 0.227 e. The fourth-order valence-electron chi connectivity index (χ4n) is 1.42. The van der Waals surface area contributed by atoms with Crippen molar-refractivity contribution in [3.05, 3.63) is 11.8 Å². The molecule has 1 heterocycles. The summed E-state index contributed by atoms with van der Waals surface area (Å²) in [4.78, 5) is 10.9. The highest BCUT2D eigenvalue weighted by Gasteiger charge is 2.09. The van der Waals surface area contributed by atoms with E-state index in [2.05, 4.69) is 42.6 Å². The van der Waals surface area contributed by atoms with E-state index in [1.54, 1.807) is 0 Å².